The van der Waals surface area contributed by atoms with Crippen molar-refractivity contribution in [2.75, 3.05) is 20.2 Å². The van der Waals surface area contributed by atoms with Gasteiger partial charge in [-0.3, -0.25) is 14.6 Å². The third-order valence-corrected chi connectivity index (χ3v) is 5.47. The van der Waals surface area contributed by atoms with Crippen LogP contribution in [-0.2, 0) is 29.1 Å². The summed E-state index contributed by atoms with van der Waals surface area (Å²) in [5.41, 5.74) is 0.976. The first-order valence-electron chi connectivity index (χ1n) is 9.37. The zero-order chi connectivity index (χ0) is 18.1. The molecule has 1 amide bonds. The molecule has 1 N–H and O–H groups in total. The van der Waals surface area contributed by atoms with Gasteiger partial charge in [-0.1, -0.05) is 0 Å². The summed E-state index contributed by atoms with van der Waals surface area (Å²) >= 11 is 0. The predicted octanol–water partition coefficient (Wildman–Crippen LogP) is 1.36. The van der Waals surface area contributed by atoms with Crippen molar-refractivity contribution in [1.29, 1.82) is 0 Å². The SMILES string of the molecule is CCn1cc(CC(=O)N2C[C@H](c3n[nH]c(COC)n3)[C@@H](C3CC3)C2)cn1. The van der Waals surface area contributed by atoms with Crippen LogP contribution in [0.25, 0.3) is 0 Å². The lowest BCUT2D eigenvalue weighted by Gasteiger charge is -2.15. The van der Waals surface area contributed by atoms with Gasteiger partial charge in [-0.2, -0.15) is 10.2 Å². The molecule has 0 aromatic carbocycles. The number of aryl methyl sites for hydroxylation is 1. The number of H-pyrrole nitrogens is 1. The second-order valence-electron chi connectivity index (χ2n) is 7.36. The number of methoxy groups -OCH3 is 1. The van der Waals surface area contributed by atoms with Crippen LogP contribution in [0.15, 0.2) is 12.4 Å². The minimum Gasteiger partial charge on any atom is -0.377 e. The lowest BCUT2D eigenvalue weighted by molar-refractivity contribution is -0.129. The molecule has 0 bridgehead atoms. The van der Waals surface area contributed by atoms with E-state index >= 15 is 0 Å². The Morgan fingerprint density at radius 3 is 2.92 bits per heavy atom. The first-order valence-corrected chi connectivity index (χ1v) is 9.37. The Labute approximate surface area is 152 Å². The van der Waals surface area contributed by atoms with Crippen molar-refractivity contribution in [3.63, 3.8) is 0 Å². The van der Waals surface area contributed by atoms with Gasteiger partial charge in [0.2, 0.25) is 5.91 Å². The van der Waals surface area contributed by atoms with E-state index in [1.165, 1.54) is 12.8 Å². The first kappa shape index (κ1) is 17.2. The molecule has 4 rings (SSSR count). The highest BCUT2D eigenvalue weighted by Gasteiger charge is 2.45. The number of amides is 1. The van der Waals surface area contributed by atoms with E-state index in [2.05, 4.69) is 20.3 Å². The van der Waals surface area contributed by atoms with Gasteiger partial charge in [0, 0.05) is 38.9 Å². The standard InChI is InChI=1S/C18H26N6O2/c1-3-24-8-12(7-19-24)6-17(25)23-9-14(13-4-5-13)15(10-23)18-20-16(11-26-2)21-22-18/h7-8,13-15H,3-6,9-11H2,1-2H3,(H,20,21,22)/t14-,15+/m1/s1. The Balaban J connectivity index is 1.45. The highest BCUT2D eigenvalue weighted by atomic mass is 16.5. The van der Waals surface area contributed by atoms with Crippen LogP contribution in [0.1, 0.15) is 42.9 Å². The Kier molecular flexibility index (Phi) is 4.76. The molecule has 8 heteroatoms. The molecule has 2 aromatic rings. The summed E-state index contributed by atoms with van der Waals surface area (Å²) < 4.78 is 6.98. The number of nitrogens with zero attached hydrogens (tertiary/aromatic N) is 5. The number of likely N-dealkylation sites (tertiary alicyclic amines) is 1. The van der Waals surface area contributed by atoms with Crippen molar-refractivity contribution >= 4 is 5.91 Å². The first-order chi connectivity index (χ1) is 12.7. The molecule has 0 unspecified atom stereocenters. The predicted molar refractivity (Wildman–Crippen MR) is 94.2 cm³/mol. The van der Waals surface area contributed by atoms with Crippen molar-refractivity contribution in [1.82, 2.24) is 29.9 Å². The maximum Gasteiger partial charge on any atom is 0.227 e. The van der Waals surface area contributed by atoms with E-state index < -0.39 is 0 Å². The third kappa shape index (κ3) is 3.51. The monoisotopic (exact) mass is 358 g/mol. The normalized spacial score (nSPS) is 22.9. The summed E-state index contributed by atoms with van der Waals surface area (Å²) in [6.07, 6.45) is 6.66. The highest BCUT2D eigenvalue weighted by molar-refractivity contribution is 5.79. The largest absolute Gasteiger partial charge is 0.377 e. The molecular weight excluding hydrogens is 332 g/mol. The quantitative estimate of drug-likeness (QED) is 0.807. The van der Waals surface area contributed by atoms with Crippen molar-refractivity contribution in [2.45, 2.75) is 45.3 Å². The van der Waals surface area contributed by atoms with Crippen LogP contribution in [0, 0.1) is 11.8 Å². The van der Waals surface area contributed by atoms with Crippen molar-refractivity contribution in [3.8, 4) is 0 Å². The summed E-state index contributed by atoms with van der Waals surface area (Å²) in [6.45, 7) is 4.80. The average Bonchev–Trinajstić information content (AvgIpc) is 3.04. The number of hydrogen-bond acceptors (Lipinski definition) is 5. The third-order valence-electron chi connectivity index (χ3n) is 5.47. The van der Waals surface area contributed by atoms with Crippen LogP contribution in [0.2, 0.25) is 0 Å². The molecule has 1 aliphatic heterocycles. The molecule has 1 aliphatic carbocycles. The molecule has 1 saturated carbocycles. The lowest BCUT2D eigenvalue weighted by atomic mass is 9.91. The fraction of sp³-hybridized carbons (Fsp3) is 0.667. The minimum absolute atomic E-state index is 0.168. The maximum absolute atomic E-state index is 12.8. The Morgan fingerprint density at radius 1 is 1.38 bits per heavy atom. The zero-order valence-corrected chi connectivity index (χ0v) is 15.4. The molecule has 26 heavy (non-hydrogen) atoms. The van der Waals surface area contributed by atoms with Gasteiger partial charge in [0.15, 0.2) is 11.6 Å². The molecule has 2 aromatic heterocycles. The Hall–Kier alpha value is -2.22. The average molecular weight is 358 g/mol. The number of carbonyl (C=O) groups excluding carboxylic acids is 1. The molecular formula is C18H26N6O2. The molecule has 3 heterocycles. The summed E-state index contributed by atoms with van der Waals surface area (Å²) in [5, 5.41) is 11.6. The summed E-state index contributed by atoms with van der Waals surface area (Å²) in [5.74, 6) is 3.11. The number of ether oxygens (including phenoxy) is 1. The van der Waals surface area contributed by atoms with Gasteiger partial charge in [-0.25, -0.2) is 4.98 Å². The molecule has 2 fully saturated rings. The molecule has 1 saturated heterocycles. The minimum atomic E-state index is 0.168. The van der Waals surface area contributed by atoms with Gasteiger partial charge in [0.1, 0.15) is 6.61 Å². The summed E-state index contributed by atoms with van der Waals surface area (Å²) in [4.78, 5) is 19.4. The van der Waals surface area contributed by atoms with E-state index in [0.717, 1.165) is 30.3 Å². The number of carbonyl (C=O) groups is 1. The maximum atomic E-state index is 12.8. The van der Waals surface area contributed by atoms with Crippen LogP contribution in [-0.4, -0.2) is 56.0 Å². The summed E-state index contributed by atoms with van der Waals surface area (Å²) in [6, 6.07) is 0. The van der Waals surface area contributed by atoms with Crippen LogP contribution >= 0.6 is 0 Å². The Morgan fingerprint density at radius 2 is 2.23 bits per heavy atom. The molecule has 0 spiro atoms. The van der Waals surface area contributed by atoms with Gasteiger partial charge < -0.3 is 9.64 Å². The van der Waals surface area contributed by atoms with Gasteiger partial charge in [-0.05, 0) is 37.2 Å². The van der Waals surface area contributed by atoms with E-state index in [4.69, 9.17) is 4.74 Å². The zero-order valence-electron chi connectivity index (χ0n) is 15.4. The topological polar surface area (TPSA) is 88.9 Å². The van der Waals surface area contributed by atoms with Crippen LogP contribution < -0.4 is 0 Å². The molecule has 0 radical (unpaired) electrons. The highest BCUT2D eigenvalue weighted by Crippen LogP contribution is 2.47. The number of aromatic amines is 1. The number of hydrogen-bond donors (Lipinski definition) is 1. The van der Waals surface area contributed by atoms with E-state index in [0.29, 0.717) is 31.4 Å². The van der Waals surface area contributed by atoms with Gasteiger partial charge in [0.25, 0.3) is 0 Å². The van der Waals surface area contributed by atoms with Gasteiger partial charge in [-0.15, -0.1) is 0 Å². The lowest BCUT2D eigenvalue weighted by Crippen LogP contribution is -2.30. The van der Waals surface area contributed by atoms with Gasteiger partial charge in [0.05, 0.1) is 12.6 Å². The fourth-order valence-electron chi connectivity index (χ4n) is 3.94. The number of rotatable bonds is 7. The molecule has 2 atom stereocenters. The molecule has 8 nitrogen and oxygen atoms in total. The van der Waals surface area contributed by atoms with Crippen molar-refractivity contribution in [2.24, 2.45) is 11.8 Å². The second-order valence-corrected chi connectivity index (χ2v) is 7.36. The fourth-order valence-corrected chi connectivity index (χ4v) is 3.94. The van der Waals surface area contributed by atoms with E-state index in [9.17, 15) is 4.79 Å². The summed E-state index contributed by atoms with van der Waals surface area (Å²) in [7, 11) is 1.64. The number of nitrogens with one attached hydrogen (secondary N) is 1. The molecule has 2 aliphatic rings. The molecule has 140 valence electrons. The smallest absolute Gasteiger partial charge is 0.227 e. The van der Waals surface area contributed by atoms with E-state index in [1.54, 1.807) is 13.3 Å². The Bertz CT molecular complexity index is 765. The van der Waals surface area contributed by atoms with Crippen LogP contribution in [0.4, 0.5) is 0 Å². The second kappa shape index (κ2) is 7.19. The van der Waals surface area contributed by atoms with Crippen LogP contribution in [0.3, 0.4) is 0 Å². The van der Waals surface area contributed by atoms with Crippen molar-refractivity contribution < 1.29 is 9.53 Å². The van der Waals surface area contributed by atoms with Gasteiger partial charge >= 0.3 is 0 Å². The van der Waals surface area contributed by atoms with Crippen LogP contribution in [0.5, 0.6) is 0 Å². The van der Waals surface area contributed by atoms with Crippen molar-refractivity contribution in [3.05, 3.63) is 29.6 Å². The van der Waals surface area contributed by atoms with E-state index in [1.807, 2.05) is 22.7 Å². The number of aromatic nitrogens is 5. The van der Waals surface area contributed by atoms with E-state index in [-0.39, 0.29) is 11.8 Å².